The molecule has 2 aromatic carbocycles. The molecule has 3 rings (SSSR count). The Morgan fingerprint density at radius 2 is 1.52 bits per heavy atom. The summed E-state index contributed by atoms with van der Waals surface area (Å²) in [6.45, 7) is 0.402. The van der Waals surface area contributed by atoms with E-state index in [1.165, 1.54) is 0 Å². The third-order valence-corrected chi connectivity index (χ3v) is 3.87. The molecule has 0 saturated heterocycles. The maximum atomic E-state index is 11.5. The number of aromatic nitrogens is 2. The van der Waals surface area contributed by atoms with Crippen molar-refractivity contribution in [1.29, 1.82) is 0 Å². The van der Waals surface area contributed by atoms with Crippen LogP contribution in [0.3, 0.4) is 0 Å². The van der Waals surface area contributed by atoms with Crippen LogP contribution >= 0.6 is 0 Å². The van der Waals surface area contributed by atoms with Crippen LogP contribution < -0.4 is 5.32 Å². The molecule has 25 heavy (non-hydrogen) atoms. The van der Waals surface area contributed by atoms with Crippen LogP contribution in [0.25, 0.3) is 11.4 Å². The van der Waals surface area contributed by atoms with Gasteiger partial charge in [-0.25, -0.2) is 9.97 Å². The van der Waals surface area contributed by atoms with Crippen LogP contribution in [0.2, 0.25) is 0 Å². The van der Waals surface area contributed by atoms with Gasteiger partial charge in [-0.05, 0) is 12.0 Å². The molecule has 0 fully saturated rings. The van der Waals surface area contributed by atoms with E-state index >= 15 is 0 Å². The lowest BCUT2D eigenvalue weighted by Crippen LogP contribution is -2.38. The van der Waals surface area contributed by atoms with E-state index in [1.807, 2.05) is 60.7 Å². The molecule has 0 aliphatic heterocycles. The molecular formula is C20H19N3O2. The predicted octanol–water partition coefficient (Wildman–Crippen LogP) is 2.93. The largest absolute Gasteiger partial charge is 0.480 e. The number of hydrogen-bond acceptors (Lipinski definition) is 4. The monoisotopic (exact) mass is 333 g/mol. The second-order valence-electron chi connectivity index (χ2n) is 5.74. The number of rotatable bonds is 7. The third-order valence-electron chi connectivity index (χ3n) is 3.87. The lowest BCUT2D eigenvalue weighted by Gasteiger charge is -2.14. The first-order valence-electron chi connectivity index (χ1n) is 8.09. The molecule has 0 radical (unpaired) electrons. The zero-order chi connectivity index (χ0) is 17.5. The van der Waals surface area contributed by atoms with Crippen LogP contribution in [0.15, 0.2) is 73.1 Å². The van der Waals surface area contributed by atoms with Gasteiger partial charge in [0.1, 0.15) is 6.04 Å². The van der Waals surface area contributed by atoms with Gasteiger partial charge in [0.2, 0.25) is 0 Å². The van der Waals surface area contributed by atoms with Gasteiger partial charge in [-0.1, -0.05) is 60.7 Å². The average Bonchev–Trinajstić information content (AvgIpc) is 2.67. The summed E-state index contributed by atoms with van der Waals surface area (Å²) >= 11 is 0. The Morgan fingerprint density at radius 3 is 2.12 bits per heavy atom. The Balaban J connectivity index is 1.62. The van der Waals surface area contributed by atoms with Crippen molar-refractivity contribution in [3.05, 3.63) is 84.2 Å². The van der Waals surface area contributed by atoms with E-state index < -0.39 is 12.0 Å². The van der Waals surface area contributed by atoms with Gasteiger partial charge in [0.15, 0.2) is 5.82 Å². The zero-order valence-corrected chi connectivity index (χ0v) is 13.7. The number of benzene rings is 2. The van der Waals surface area contributed by atoms with E-state index in [0.717, 1.165) is 16.7 Å². The van der Waals surface area contributed by atoms with Crippen molar-refractivity contribution in [2.45, 2.75) is 19.0 Å². The predicted molar refractivity (Wildman–Crippen MR) is 95.9 cm³/mol. The van der Waals surface area contributed by atoms with Crippen LogP contribution in [-0.2, 0) is 17.8 Å². The first kappa shape index (κ1) is 16.8. The van der Waals surface area contributed by atoms with Gasteiger partial charge in [0, 0.05) is 30.1 Å². The molecule has 126 valence electrons. The summed E-state index contributed by atoms with van der Waals surface area (Å²) in [4.78, 5) is 20.2. The summed E-state index contributed by atoms with van der Waals surface area (Å²) in [5.74, 6) is -0.214. The number of nitrogens with zero attached hydrogens (tertiary/aromatic N) is 2. The molecule has 5 heteroatoms. The molecule has 0 saturated carbocycles. The summed E-state index contributed by atoms with van der Waals surface area (Å²) in [5.41, 5.74) is 2.78. The molecule has 0 bridgehead atoms. The SMILES string of the molecule is O=C(O)[C@@H](Cc1ccccc1)NCc1cnc(-c2ccccc2)nc1. The zero-order valence-electron chi connectivity index (χ0n) is 13.7. The summed E-state index contributed by atoms with van der Waals surface area (Å²) in [6, 6.07) is 18.7. The van der Waals surface area contributed by atoms with Crippen LogP contribution in [0, 0.1) is 0 Å². The quantitative estimate of drug-likeness (QED) is 0.695. The van der Waals surface area contributed by atoms with Crippen molar-refractivity contribution in [1.82, 2.24) is 15.3 Å². The summed E-state index contributed by atoms with van der Waals surface area (Å²) in [6.07, 6.45) is 3.88. The fourth-order valence-electron chi connectivity index (χ4n) is 2.52. The number of hydrogen-bond donors (Lipinski definition) is 2. The summed E-state index contributed by atoms with van der Waals surface area (Å²) in [5, 5.41) is 12.5. The van der Waals surface area contributed by atoms with Gasteiger partial charge in [-0.15, -0.1) is 0 Å². The molecule has 2 N–H and O–H groups in total. The van der Waals surface area contributed by atoms with Crippen molar-refractivity contribution in [2.24, 2.45) is 0 Å². The molecule has 3 aromatic rings. The fourth-order valence-corrected chi connectivity index (χ4v) is 2.52. The minimum absolute atomic E-state index is 0.402. The molecular weight excluding hydrogens is 314 g/mol. The van der Waals surface area contributed by atoms with Gasteiger partial charge in [0.05, 0.1) is 0 Å². The molecule has 5 nitrogen and oxygen atoms in total. The van der Waals surface area contributed by atoms with Crippen molar-refractivity contribution in [2.75, 3.05) is 0 Å². The molecule has 1 heterocycles. The van der Waals surface area contributed by atoms with Crippen molar-refractivity contribution in [3.8, 4) is 11.4 Å². The maximum Gasteiger partial charge on any atom is 0.321 e. The molecule has 0 aliphatic rings. The molecule has 0 unspecified atom stereocenters. The molecule has 0 amide bonds. The lowest BCUT2D eigenvalue weighted by molar-refractivity contribution is -0.139. The van der Waals surface area contributed by atoms with Crippen molar-refractivity contribution < 1.29 is 9.90 Å². The van der Waals surface area contributed by atoms with Gasteiger partial charge in [-0.2, -0.15) is 0 Å². The number of carboxylic acid groups (broad SMARTS) is 1. The molecule has 0 spiro atoms. The Kier molecular flexibility index (Phi) is 5.49. The first-order chi connectivity index (χ1) is 12.2. The Labute approximate surface area is 146 Å². The highest BCUT2D eigenvalue weighted by molar-refractivity contribution is 5.73. The van der Waals surface area contributed by atoms with Crippen molar-refractivity contribution >= 4 is 5.97 Å². The van der Waals surface area contributed by atoms with E-state index in [4.69, 9.17) is 0 Å². The van der Waals surface area contributed by atoms with Crippen LogP contribution in [0.4, 0.5) is 0 Å². The smallest absolute Gasteiger partial charge is 0.321 e. The number of aliphatic carboxylic acids is 1. The summed E-state index contributed by atoms with van der Waals surface area (Å²) in [7, 11) is 0. The van der Waals surface area contributed by atoms with Gasteiger partial charge >= 0.3 is 5.97 Å². The number of nitrogens with one attached hydrogen (secondary N) is 1. The van der Waals surface area contributed by atoms with E-state index in [9.17, 15) is 9.90 Å². The average molecular weight is 333 g/mol. The fraction of sp³-hybridized carbons (Fsp3) is 0.150. The minimum Gasteiger partial charge on any atom is -0.480 e. The lowest BCUT2D eigenvalue weighted by atomic mass is 10.1. The standard InChI is InChI=1S/C20H19N3O2/c24-20(25)18(11-15-7-3-1-4-8-15)21-12-16-13-22-19(23-14-16)17-9-5-2-6-10-17/h1-10,13-14,18,21H,11-12H2,(H,24,25)/t18-/m1/s1. The van der Waals surface area contributed by atoms with E-state index in [0.29, 0.717) is 18.8 Å². The highest BCUT2D eigenvalue weighted by Crippen LogP contribution is 2.13. The topological polar surface area (TPSA) is 75.1 Å². The highest BCUT2D eigenvalue weighted by atomic mass is 16.4. The Morgan fingerprint density at radius 1 is 0.920 bits per heavy atom. The van der Waals surface area contributed by atoms with E-state index in [-0.39, 0.29) is 0 Å². The Hall–Kier alpha value is -3.05. The van der Waals surface area contributed by atoms with Crippen molar-refractivity contribution in [3.63, 3.8) is 0 Å². The molecule has 0 aliphatic carbocycles. The highest BCUT2D eigenvalue weighted by Gasteiger charge is 2.17. The molecule has 1 aromatic heterocycles. The van der Waals surface area contributed by atoms with E-state index in [2.05, 4.69) is 15.3 Å². The van der Waals surface area contributed by atoms with Gasteiger partial charge < -0.3 is 5.11 Å². The Bertz CT molecular complexity index is 805. The normalized spacial score (nSPS) is 11.8. The van der Waals surface area contributed by atoms with Crippen LogP contribution in [0.5, 0.6) is 0 Å². The van der Waals surface area contributed by atoms with Gasteiger partial charge in [0.25, 0.3) is 0 Å². The van der Waals surface area contributed by atoms with E-state index in [1.54, 1.807) is 12.4 Å². The third kappa shape index (κ3) is 4.71. The number of carboxylic acids is 1. The first-order valence-corrected chi connectivity index (χ1v) is 8.09. The van der Waals surface area contributed by atoms with Crippen LogP contribution in [-0.4, -0.2) is 27.1 Å². The summed E-state index contributed by atoms with van der Waals surface area (Å²) < 4.78 is 0. The number of carbonyl (C=O) groups is 1. The molecule has 1 atom stereocenters. The second kappa shape index (κ2) is 8.17. The van der Waals surface area contributed by atoms with Crippen LogP contribution in [0.1, 0.15) is 11.1 Å². The van der Waals surface area contributed by atoms with Gasteiger partial charge in [-0.3, -0.25) is 10.1 Å². The minimum atomic E-state index is -0.870. The second-order valence-corrected chi connectivity index (χ2v) is 5.74. The maximum absolute atomic E-state index is 11.5.